The number of methoxy groups -OCH3 is 1. The predicted molar refractivity (Wildman–Crippen MR) is 79.3 cm³/mol. The lowest BCUT2D eigenvalue weighted by atomic mass is 10.0. The van der Waals surface area contributed by atoms with Crippen LogP contribution in [0.2, 0.25) is 0 Å². The number of benzene rings is 2. The third-order valence-corrected chi connectivity index (χ3v) is 2.98. The smallest absolute Gasteiger partial charge is 0.119 e. The quantitative estimate of drug-likeness (QED) is 0.904. The van der Waals surface area contributed by atoms with Crippen molar-refractivity contribution in [2.75, 3.05) is 7.11 Å². The Bertz CT molecular complexity index is 546. The Morgan fingerprint density at radius 1 is 0.900 bits per heavy atom. The van der Waals surface area contributed by atoms with Crippen molar-refractivity contribution in [3.8, 4) is 11.5 Å². The molecule has 0 aliphatic heterocycles. The third kappa shape index (κ3) is 3.52. The first kappa shape index (κ1) is 14.4. The molecule has 3 heteroatoms. The minimum atomic E-state index is -0.668. The van der Waals surface area contributed by atoms with Crippen LogP contribution in [0.5, 0.6) is 11.5 Å². The largest absolute Gasteiger partial charge is 0.497 e. The maximum absolute atomic E-state index is 10.4. The molecular weight excluding hydrogens is 252 g/mol. The molecule has 0 bridgehead atoms. The highest BCUT2D eigenvalue weighted by molar-refractivity contribution is 5.37. The van der Waals surface area contributed by atoms with Crippen LogP contribution in [0.25, 0.3) is 0 Å². The molecule has 2 rings (SSSR count). The molecule has 0 radical (unpaired) electrons. The lowest BCUT2D eigenvalue weighted by Gasteiger charge is -2.14. The van der Waals surface area contributed by atoms with Crippen LogP contribution in [-0.4, -0.2) is 18.3 Å². The second-order valence-corrected chi connectivity index (χ2v) is 4.91. The summed E-state index contributed by atoms with van der Waals surface area (Å²) in [5.41, 5.74) is 1.64. The summed E-state index contributed by atoms with van der Waals surface area (Å²) in [5.74, 6) is 1.54. The average Bonchev–Trinajstić information content (AvgIpc) is 2.47. The van der Waals surface area contributed by atoms with Gasteiger partial charge in [0.2, 0.25) is 0 Å². The summed E-state index contributed by atoms with van der Waals surface area (Å²) in [7, 11) is 1.61. The van der Waals surface area contributed by atoms with E-state index < -0.39 is 6.10 Å². The van der Waals surface area contributed by atoms with Gasteiger partial charge in [0, 0.05) is 0 Å². The second kappa shape index (κ2) is 6.44. The topological polar surface area (TPSA) is 38.7 Å². The fraction of sp³-hybridized carbons (Fsp3) is 0.294. The highest BCUT2D eigenvalue weighted by Crippen LogP contribution is 2.26. The number of rotatable bonds is 5. The molecule has 0 saturated heterocycles. The normalized spacial score (nSPS) is 12.2. The molecular formula is C17H20O3. The number of ether oxygens (including phenoxy) is 2. The highest BCUT2D eigenvalue weighted by atomic mass is 16.5. The van der Waals surface area contributed by atoms with Crippen molar-refractivity contribution in [3.63, 3.8) is 0 Å². The van der Waals surface area contributed by atoms with Crippen molar-refractivity contribution in [3.05, 3.63) is 59.7 Å². The van der Waals surface area contributed by atoms with Crippen LogP contribution >= 0.6 is 0 Å². The van der Waals surface area contributed by atoms with E-state index in [1.54, 1.807) is 7.11 Å². The van der Waals surface area contributed by atoms with Gasteiger partial charge in [0.25, 0.3) is 0 Å². The van der Waals surface area contributed by atoms with Gasteiger partial charge in [-0.25, -0.2) is 0 Å². The SMILES string of the molecule is COc1cccc(C(O)c2ccc(OC(C)C)cc2)c1. The molecule has 1 atom stereocenters. The summed E-state index contributed by atoms with van der Waals surface area (Å²) < 4.78 is 10.8. The first-order valence-corrected chi connectivity index (χ1v) is 6.69. The van der Waals surface area contributed by atoms with Crippen molar-refractivity contribution >= 4 is 0 Å². The van der Waals surface area contributed by atoms with Gasteiger partial charge in [0.1, 0.15) is 17.6 Å². The van der Waals surface area contributed by atoms with Crippen LogP contribution in [0, 0.1) is 0 Å². The van der Waals surface area contributed by atoms with Gasteiger partial charge in [-0.2, -0.15) is 0 Å². The zero-order valence-corrected chi connectivity index (χ0v) is 12.0. The molecule has 1 unspecified atom stereocenters. The summed E-state index contributed by atoms with van der Waals surface area (Å²) in [6.07, 6.45) is -0.526. The molecule has 0 amide bonds. The Kier molecular flexibility index (Phi) is 4.64. The van der Waals surface area contributed by atoms with Gasteiger partial charge in [-0.1, -0.05) is 24.3 Å². The van der Waals surface area contributed by atoms with Gasteiger partial charge >= 0.3 is 0 Å². The number of aliphatic hydroxyl groups excluding tert-OH is 1. The molecule has 0 saturated carbocycles. The van der Waals surface area contributed by atoms with Crippen molar-refractivity contribution < 1.29 is 14.6 Å². The monoisotopic (exact) mass is 272 g/mol. The van der Waals surface area contributed by atoms with Gasteiger partial charge < -0.3 is 14.6 Å². The zero-order chi connectivity index (χ0) is 14.5. The van der Waals surface area contributed by atoms with Gasteiger partial charge in [-0.3, -0.25) is 0 Å². The highest BCUT2D eigenvalue weighted by Gasteiger charge is 2.11. The fourth-order valence-electron chi connectivity index (χ4n) is 2.00. The van der Waals surface area contributed by atoms with E-state index in [1.165, 1.54) is 0 Å². The maximum atomic E-state index is 10.4. The Labute approximate surface area is 119 Å². The molecule has 0 fully saturated rings. The van der Waals surface area contributed by atoms with Crippen LogP contribution in [0.1, 0.15) is 31.1 Å². The molecule has 0 aliphatic carbocycles. The van der Waals surface area contributed by atoms with Crippen LogP contribution in [0.15, 0.2) is 48.5 Å². The van der Waals surface area contributed by atoms with Gasteiger partial charge in [-0.05, 0) is 49.2 Å². The van der Waals surface area contributed by atoms with E-state index in [0.29, 0.717) is 0 Å². The van der Waals surface area contributed by atoms with E-state index in [1.807, 2.05) is 62.4 Å². The second-order valence-electron chi connectivity index (χ2n) is 4.91. The molecule has 2 aromatic carbocycles. The third-order valence-electron chi connectivity index (χ3n) is 2.98. The van der Waals surface area contributed by atoms with Crippen LogP contribution < -0.4 is 9.47 Å². The Balaban J connectivity index is 2.17. The van der Waals surface area contributed by atoms with E-state index in [4.69, 9.17) is 9.47 Å². The molecule has 0 aliphatic rings. The van der Waals surface area contributed by atoms with E-state index >= 15 is 0 Å². The standard InChI is InChI=1S/C17H20O3/c1-12(2)20-15-9-7-13(8-10-15)17(18)14-5-4-6-16(11-14)19-3/h4-12,17-18H,1-3H3. The van der Waals surface area contributed by atoms with Gasteiger partial charge in [0.15, 0.2) is 0 Å². The van der Waals surface area contributed by atoms with Crippen molar-refractivity contribution in [2.24, 2.45) is 0 Å². The lowest BCUT2D eigenvalue weighted by Crippen LogP contribution is -2.06. The Morgan fingerprint density at radius 2 is 1.60 bits per heavy atom. The molecule has 0 heterocycles. The Hall–Kier alpha value is -2.00. The minimum absolute atomic E-state index is 0.143. The van der Waals surface area contributed by atoms with Crippen LogP contribution in [-0.2, 0) is 0 Å². The molecule has 0 spiro atoms. The first-order chi connectivity index (χ1) is 9.60. The van der Waals surface area contributed by atoms with Gasteiger partial charge in [-0.15, -0.1) is 0 Å². The van der Waals surface area contributed by atoms with Crippen molar-refractivity contribution in [1.82, 2.24) is 0 Å². The average molecular weight is 272 g/mol. The minimum Gasteiger partial charge on any atom is -0.497 e. The van der Waals surface area contributed by atoms with E-state index in [2.05, 4.69) is 0 Å². The Morgan fingerprint density at radius 3 is 2.20 bits per heavy atom. The fourth-order valence-corrected chi connectivity index (χ4v) is 2.00. The lowest BCUT2D eigenvalue weighted by molar-refractivity contribution is 0.219. The van der Waals surface area contributed by atoms with Crippen LogP contribution in [0.3, 0.4) is 0 Å². The molecule has 106 valence electrons. The summed E-state index contributed by atoms with van der Waals surface area (Å²) in [6, 6.07) is 14.9. The number of aliphatic hydroxyl groups is 1. The van der Waals surface area contributed by atoms with Crippen molar-refractivity contribution in [2.45, 2.75) is 26.1 Å². The van der Waals surface area contributed by atoms with Crippen LogP contribution in [0.4, 0.5) is 0 Å². The summed E-state index contributed by atoms with van der Waals surface area (Å²) in [4.78, 5) is 0. The predicted octanol–water partition coefficient (Wildman–Crippen LogP) is 3.56. The van der Waals surface area contributed by atoms with Crippen molar-refractivity contribution in [1.29, 1.82) is 0 Å². The summed E-state index contributed by atoms with van der Waals surface area (Å²) in [6.45, 7) is 3.97. The first-order valence-electron chi connectivity index (χ1n) is 6.69. The summed E-state index contributed by atoms with van der Waals surface area (Å²) in [5, 5.41) is 10.4. The molecule has 3 nitrogen and oxygen atoms in total. The number of hydrogen-bond acceptors (Lipinski definition) is 3. The molecule has 20 heavy (non-hydrogen) atoms. The summed E-state index contributed by atoms with van der Waals surface area (Å²) >= 11 is 0. The van der Waals surface area contributed by atoms with E-state index in [-0.39, 0.29) is 6.10 Å². The van der Waals surface area contributed by atoms with Gasteiger partial charge in [0.05, 0.1) is 13.2 Å². The zero-order valence-electron chi connectivity index (χ0n) is 12.0. The number of hydrogen-bond donors (Lipinski definition) is 1. The van der Waals surface area contributed by atoms with E-state index in [9.17, 15) is 5.11 Å². The molecule has 0 aromatic heterocycles. The molecule has 1 N–H and O–H groups in total. The maximum Gasteiger partial charge on any atom is 0.119 e. The van der Waals surface area contributed by atoms with E-state index in [0.717, 1.165) is 22.6 Å². The molecule has 2 aromatic rings.